The smallest absolute Gasteiger partial charge is 0.0159 e. The van der Waals surface area contributed by atoms with Gasteiger partial charge < -0.3 is 0 Å². The second-order valence-corrected chi connectivity index (χ2v) is 14.1. The topological polar surface area (TPSA) is 0 Å². The third-order valence-corrected chi connectivity index (χ3v) is 11.0. The molecule has 0 saturated carbocycles. The number of hydrogen-bond acceptors (Lipinski definition) is 0. The number of rotatable bonds is 3. The molecule has 9 aromatic rings. The van der Waals surface area contributed by atoms with Crippen molar-refractivity contribution in [2.45, 2.75) is 19.3 Å². The van der Waals surface area contributed by atoms with Crippen LogP contribution in [0.25, 0.3) is 87.6 Å². The summed E-state index contributed by atoms with van der Waals surface area (Å²) in [5, 5.41) is 10.2. The van der Waals surface area contributed by atoms with E-state index in [1.54, 1.807) is 0 Å². The first-order valence-electron chi connectivity index (χ1n) is 17.3. The van der Waals surface area contributed by atoms with Gasteiger partial charge in [-0.15, -0.1) is 0 Å². The van der Waals surface area contributed by atoms with Crippen LogP contribution in [0.2, 0.25) is 0 Å². The van der Waals surface area contributed by atoms with Crippen molar-refractivity contribution >= 4 is 43.1 Å². The van der Waals surface area contributed by atoms with Gasteiger partial charge in [-0.1, -0.05) is 159 Å². The van der Waals surface area contributed by atoms with E-state index in [0.717, 1.165) is 0 Å². The van der Waals surface area contributed by atoms with Gasteiger partial charge in [-0.25, -0.2) is 0 Å². The van der Waals surface area contributed by atoms with E-state index in [1.165, 1.54) is 98.7 Å². The molecule has 1 aliphatic rings. The van der Waals surface area contributed by atoms with E-state index in [0.29, 0.717) is 0 Å². The minimum absolute atomic E-state index is 0.00654. The molecule has 0 radical (unpaired) electrons. The minimum Gasteiger partial charge on any atom is -0.0619 e. The van der Waals surface area contributed by atoms with Crippen molar-refractivity contribution < 1.29 is 0 Å². The molecule has 0 aliphatic heterocycles. The van der Waals surface area contributed by atoms with E-state index >= 15 is 0 Å². The number of benzene rings is 9. The van der Waals surface area contributed by atoms with Gasteiger partial charge in [0.1, 0.15) is 0 Å². The van der Waals surface area contributed by atoms with Gasteiger partial charge in [-0.2, -0.15) is 0 Å². The average Bonchev–Trinajstić information content (AvgIpc) is 3.39. The zero-order valence-electron chi connectivity index (χ0n) is 27.7. The van der Waals surface area contributed by atoms with E-state index in [2.05, 4.69) is 184 Å². The molecule has 0 heterocycles. The highest BCUT2D eigenvalue weighted by Gasteiger charge is 2.35. The SMILES string of the molecule is CC1(C)c2ccccc2-c2ccc(-c3ccc4cc(-c5cccc6c(-c7cc8ccccc8c8ccccc78)cccc56)ccc4c3)cc21. The largest absolute Gasteiger partial charge is 0.0619 e. The Kier molecular flexibility index (Phi) is 6.02. The first-order valence-corrected chi connectivity index (χ1v) is 17.3. The molecule has 0 spiro atoms. The molecular formula is C49H34. The summed E-state index contributed by atoms with van der Waals surface area (Å²) in [7, 11) is 0. The van der Waals surface area contributed by atoms with Crippen LogP contribution in [0, 0.1) is 0 Å². The third-order valence-electron chi connectivity index (χ3n) is 11.0. The van der Waals surface area contributed by atoms with Gasteiger partial charge >= 0.3 is 0 Å². The third kappa shape index (κ3) is 4.24. The normalized spacial score (nSPS) is 13.3. The average molecular weight is 623 g/mol. The van der Waals surface area contributed by atoms with Gasteiger partial charge in [-0.05, 0) is 123 Å². The van der Waals surface area contributed by atoms with Crippen LogP contribution in [-0.2, 0) is 5.41 Å². The zero-order chi connectivity index (χ0) is 32.7. The van der Waals surface area contributed by atoms with E-state index in [4.69, 9.17) is 0 Å². The van der Waals surface area contributed by atoms with Crippen molar-refractivity contribution in [2.75, 3.05) is 0 Å². The summed E-state index contributed by atoms with van der Waals surface area (Å²) in [4.78, 5) is 0. The van der Waals surface area contributed by atoms with E-state index < -0.39 is 0 Å². The Morgan fingerprint density at radius 2 is 0.816 bits per heavy atom. The molecule has 0 aromatic heterocycles. The highest BCUT2D eigenvalue weighted by molar-refractivity contribution is 6.17. The highest BCUT2D eigenvalue weighted by Crippen LogP contribution is 2.49. The Morgan fingerprint density at radius 1 is 0.286 bits per heavy atom. The molecule has 0 atom stereocenters. The Labute approximate surface area is 286 Å². The quantitative estimate of drug-likeness (QED) is 0.172. The number of fused-ring (bicyclic) bond motifs is 8. The van der Waals surface area contributed by atoms with E-state index in [-0.39, 0.29) is 5.41 Å². The van der Waals surface area contributed by atoms with Crippen LogP contribution >= 0.6 is 0 Å². The van der Waals surface area contributed by atoms with Crippen molar-refractivity contribution in [3.05, 3.63) is 181 Å². The summed E-state index contributed by atoms with van der Waals surface area (Å²) in [6.07, 6.45) is 0. The Hall–Kier alpha value is -5.98. The van der Waals surface area contributed by atoms with Crippen LogP contribution in [0.1, 0.15) is 25.0 Å². The Morgan fingerprint density at radius 3 is 1.65 bits per heavy atom. The molecule has 0 heteroatoms. The molecule has 9 aromatic carbocycles. The van der Waals surface area contributed by atoms with Crippen LogP contribution in [-0.4, -0.2) is 0 Å². The Balaban J connectivity index is 1.06. The standard InChI is InChI=1S/C49H34/c1-49(2)47-20-8-7-15-44(47)45-26-25-34(30-48(45)49)32-21-22-33-28-36(24-23-31(33)27-32)38-16-9-18-41-40(38)17-10-19-43(41)46-29-35-11-3-4-12-37(35)39-13-5-6-14-42(39)46/h3-30H,1-2H3. The lowest BCUT2D eigenvalue weighted by molar-refractivity contribution is 0.660. The molecular weight excluding hydrogens is 589 g/mol. The maximum Gasteiger partial charge on any atom is 0.0159 e. The van der Waals surface area contributed by atoms with Gasteiger partial charge in [0.2, 0.25) is 0 Å². The molecule has 1 aliphatic carbocycles. The van der Waals surface area contributed by atoms with E-state index in [1.807, 2.05) is 0 Å². The summed E-state index contributed by atoms with van der Waals surface area (Å²) in [5.74, 6) is 0. The molecule has 230 valence electrons. The summed E-state index contributed by atoms with van der Waals surface area (Å²) in [6.45, 7) is 4.70. The van der Waals surface area contributed by atoms with Crippen LogP contribution < -0.4 is 0 Å². The van der Waals surface area contributed by atoms with Crippen molar-refractivity contribution in [3.8, 4) is 44.5 Å². The Bertz CT molecular complexity index is 2800. The van der Waals surface area contributed by atoms with E-state index in [9.17, 15) is 0 Å². The second kappa shape index (κ2) is 10.5. The summed E-state index contributed by atoms with van der Waals surface area (Å²) in [6, 6.07) is 63.2. The van der Waals surface area contributed by atoms with Crippen molar-refractivity contribution in [3.63, 3.8) is 0 Å². The maximum atomic E-state index is 2.41. The monoisotopic (exact) mass is 622 g/mol. The van der Waals surface area contributed by atoms with Gasteiger partial charge in [0, 0.05) is 5.41 Å². The first-order chi connectivity index (χ1) is 24.0. The zero-order valence-corrected chi connectivity index (χ0v) is 27.7. The van der Waals surface area contributed by atoms with Gasteiger partial charge in [0.05, 0.1) is 0 Å². The molecule has 0 nitrogen and oxygen atoms in total. The lowest BCUT2D eigenvalue weighted by Gasteiger charge is -2.22. The van der Waals surface area contributed by atoms with Gasteiger partial charge in [0.15, 0.2) is 0 Å². The number of hydrogen-bond donors (Lipinski definition) is 0. The molecule has 49 heavy (non-hydrogen) atoms. The van der Waals surface area contributed by atoms with Gasteiger partial charge in [-0.3, -0.25) is 0 Å². The summed E-state index contributed by atoms with van der Waals surface area (Å²) < 4.78 is 0. The van der Waals surface area contributed by atoms with Crippen molar-refractivity contribution in [1.29, 1.82) is 0 Å². The molecule has 0 amide bonds. The maximum absolute atomic E-state index is 2.41. The fraction of sp³-hybridized carbons (Fsp3) is 0.0612. The molecule has 0 saturated heterocycles. The van der Waals surface area contributed by atoms with Crippen LogP contribution in [0.4, 0.5) is 0 Å². The lowest BCUT2D eigenvalue weighted by atomic mass is 9.81. The summed E-state index contributed by atoms with van der Waals surface area (Å²) in [5.41, 5.74) is 13.1. The van der Waals surface area contributed by atoms with Crippen molar-refractivity contribution in [2.24, 2.45) is 0 Å². The van der Waals surface area contributed by atoms with Crippen LogP contribution in [0.15, 0.2) is 170 Å². The highest BCUT2D eigenvalue weighted by atomic mass is 14.4. The minimum atomic E-state index is -0.00654. The molecule has 0 N–H and O–H groups in total. The lowest BCUT2D eigenvalue weighted by Crippen LogP contribution is -2.14. The fourth-order valence-corrected chi connectivity index (χ4v) is 8.55. The molecule has 0 fully saturated rings. The predicted molar refractivity (Wildman–Crippen MR) is 210 cm³/mol. The molecule has 0 unspecified atom stereocenters. The summed E-state index contributed by atoms with van der Waals surface area (Å²) >= 11 is 0. The fourth-order valence-electron chi connectivity index (χ4n) is 8.55. The van der Waals surface area contributed by atoms with Crippen LogP contribution in [0.3, 0.4) is 0 Å². The molecule has 10 rings (SSSR count). The first kappa shape index (κ1) is 28.1. The van der Waals surface area contributed by atoms with Crippen LogP contribution in [0.5, 0.6) is 0 Å². The second-order valence-electron chi connectivity index (χ2n) is 14.1. The molecule has 0 bridgehead atoms. The van der Waals surface area contributed by atoms with Crippen molar-refractivity contribution in [1.82, 2.24) is 0 Å². The van der Waals surface area contributed by atoms with Gasteiger partial charge in [0.25, 0.3) is 0 Å². The predicted octanol–water partition coefficient (Wildman–Crippen LogP) is 13.6.